The van der Waals surface area contributed by atoms with E-state index in [2.05, 4.69) is 18.9 Å². The molecule has 2 N–H and O–H groups in total. The van der Waals surface area contributed by atoms with Gasteiger partial charge in [-0.1, -0.05) is 6.07 Å². The highest BCUT2D eigenvalue weighted by Crippen LogP contribution is 2.23. The Hall–Kier alpha value is -1.51. The number of benzene rings is 1. The molecule has 0 unspecified atom stereocenters. The Bertz CT molecular complexity index is 443. The molecular weight excluding hydrogens is 162 g/mol. The van der Waals surface area contributed by atoms with Crippen LogP contribution in [0.4, 0.5) is 5.69 Å². The number of nitrogens with zero attached hydrogens (tertiary/aromatic N) is 2. The zero-order chi connectivity index (χ0) is 9.42. The molecule has 0 atom stereocenters. The molecule has 2 rings (SSSR count). The molecule has 0 fully saturated rings. The highest BCUT2D eigenvalue weighted by atomic mass is 15.3. The van der Waals surface area contributed by atoms with Gasteiger partial charge in [0, 0.05) is 23.3 Å². The second-order valence-corrected chi connectivity index (χ2v) is 3.14. The molecule has 1 aromatic heterocycles. The highest BCUT2D eigenvalue weighted by molar-refractivity contribution is 5.92. The Morgan fingerprint density at radius 3 is 2.85 bits per heavy atom. The van der Waals surface area contributed by atoms with E-state index in [0.717, 1.165) is 28.8 Å². The number of hydrogen-bond donors (Lipinski definition) is 1. The number of anilines is 1. The van der Waals surface area contributed by atoms with E-state index in [-0.39, 0.29) is 0 Å². The fraction of sp³-hybridized carbons (Fsp3) is 0.300. The third-order valence-electron chi connectivity index (χ3n) is 2.35. The second kappa shape index (κ2) is 2.76. The van der Waals surface area contributed by atoms with Crippen molar-refractivity contribution in [3.8, 4) is 0 Å². The van der Waals surface area contributed by atoms with E-state index in [1.54, 1.807) is 0 Å². The summed E-state index contributed by atoms with van der Waals surface area (Å²) in [4.78, 5) is 0. The lowest BCUT2D eigenvalue weighted by molar-refractivity contribution is 0.647. The Morgan fingerprint density at radius 1 is 1.46 bits per heavy atom. The van der Waals surface area contributed by atoms with Crippen molar-refractivity contribution in [3.63, 3.8) is 0 Å². The van der Waals surface area contributed by atoms with E-state index in [1.807, 2.05) is 22.9 Å². The van der Waals surface area contributed by atoms with Crippen LogP contribution in [0, 0.1) is 6.92 Å². The number of nitrogen functional groups attached to an aromatic ring is 1. The first-order chi connectivity index (χ1) is 6.24. The van der Waals surface area contributed by atoms with Gasteiger partial charge in [-0.25, -0.2) is 0 Å². The topological polar surface area (TPSA) is 43.8 Å². The van der Waals surface area contributed by atoms with E-state index < -0.39 is 0 Å². The molecule has 0 spiro atoms. The summed E-state index contributed by atoms with van der Waals surface area (Å²) in [6.45, 7) is 5.02. The molecule has 13 heavy (non-hydrogen) atoms. The van der Waals surface area contributed by atoms with Crippen molar-refractivity contribution in [2.45, 2.75) is 20.4 Å². The Balaban J connectivity index is 2.85. The summed E-state index contributed by atoms with van der Waals surface area (Å²) in [6, 6.07) is 5.84. The summed E-state index contributed by atoms with van der Waals surface area (Å²) in [5.74, 6) is 0. The van der Waals surface area contributed by atoms with Crippen LogP contribution in [0.25, 0.3) is 10.9 Å². The Morgan fingerprint density at radius 2 is 2.23 bits per heavy atom. The molecular formula is C10H13N3. The van der Waals surface area contributed by atoms with E-state index in [4.69, 9.17) is 5.73 Å². The summed E-state index contributed by atoms with van der Waals surface area (Å²) in [5.41, 5.74) is 8.82. The van der Waals surface area contributed by atoms with Gasteiger partial charge in [-0.05, 0) is 26.0 Å². The number of hydrogen-bond acceptors (Lipinski definition) is 2. The van der Waals surface area contributed by atoms with Gasteiger partial charge in [0.1, 0.15) is 0 Å². The Kier molecular flexibility index (Phi) is 1.72. The number of rotatable bonds is 1. The van der Waals surface area contributed by atoms with Crippen molar-refractivity contribution in [2.75, 3.05) is 5.73 Å². The zero-order valence-corrected chi connectivity index (χ0v) is 7.91. The fourth-order valence-electron chi connectivity index (χ4n) is 1.68. The van der Waals surface area contributed by atoms with Crippen LogP contribution in [0.1, 0.15) is 12.6 Å². The molecule has 0 aliphatic rings. The molecule has 1 heterocycles. The van der Waals surface area contributed by atoms with Gasteiger partial charge in [-0.2, -0.15) is 5.10 Å². The number of aromatic nitrogens is 2. The minimum Gasteiger partial charge on any atom is -0.398 e. The predicted octanol–water partition coefficient (Wildman–Crippen LogP) is 1.95. The first kappa shape index (κ1) is 8.10. The summed E-state index contributed by atoms with van der Waals surface area (Å²) in [7, 11) is 0. The SMILES string of the molecule is CCn1nc2cccc(N)c2c1C. The van der Waals surface area contributed by atoms with Crippen molar-refractivity contribution < 1.29 is 0 Å². The largest absolute Gasteiger partial charge is 0.398 e. The van der Waals surface area contributed by atoms with E-state index in [9.17, 15) is 0 Å². The minimum atomic E-state index is 0.815. The molecule has 0 radical (unpaired) electrons. The predicted molar refractivity (Wildman–Crippen MR) is 54.6 cm³/mol. The van der Waals surface area contributed by atoms with Gasteiger partial charge in [0.15, 0.2) is 0 Å². The maximum absolute atomic E-state index is 5.87. The van der Waals surface area contributed by atoms with Crippen LogP contribution < -0.4 is 5.73 Å². The molecule has 0 bridgehead atoms. The van der Waals surface area contributed by atoms with Crippen LogP contribution in [0.15, 0.2) is 18.2 Å². The van der Waals surface area contributed by atoms with Crippen LogP contribution in [-0.2, 0) is 6.54 Å². The Labute approximate surface area is 77.2 Å². The maximum atomic E-state index is 5.87. The van der Waals surface area contributed by atoms with Crippen molar-refractivity contribution in [1.82, 2.24) is 9.78 Å². The van der Waals surface area contributed by atoms with Crippen molar-refractivity contribution in [3.05, 3.63) is 23.9 Å². The van der Waals surface area contributed by atoms with Crippen LogP contribution in [0.3, 0.4) is 0 Å². The van der Waals surface area contributed by atoms with Gasteiger partial charge in [0.25, 0.3) is 0 Å². The first-order valence-corrected chi connectivity index (χ1v) is 4.45. The highest BCUT2D eigenvalue weighted by Gasteiger charge is 2.07. The third-order valence-corrected chi connectivity index (χ3v) is 2.35. The van der Waals surface area contributed by atoms with Gasteiger partial charge in [-0.15, -0.1) is 0 Å². The monoisotopic (exact) mass is 175 g/mol. The molecule has 0 amide bonds. The number of aryl methyl sites for hydroxylation is 2. The fourth-order valence-corrected chi connectivity index (χ4v) is 1.68. The lowest BCUT2D eigenvalue weighted by Gasteiger charge is -1.98. The maximum Gasteiger partial charge on any atom is 0.0946 e. The average molecular weight is 175 g/mol. The zero-order valence-electron chi connectivity index (χ0n) is 7.91. The molecule has 3 heteroatoms. The van der Waals surface area contributed by atoms with Crippen molar-refractivity contribution in [1.29, 1.82) is 0 Å². The standard InChI is InChI=1S/C10H13N3/c1-3-13-7(2)10-8(11)5-4-6-9(10)12-13/h4-6H,3,11H2,1-2H3. The smallest absolute Gasteiger partial charge is 0.0946 e. The van der Waals surface area contributed by atoms with Crippen LogP contribution in [0.5, 0.6) is 0 Å². The van der Waals surface area contributed by atoms with Crippen LogP contribution in [-0.4, -0.2) is 9.78 Å². The lowest BCUT2D eigenvalue weighted by Crippen LogP contribution is -1.98. The van der Waals surface area contributed by atoms with Gasteiger partial charge in [0.2, 0.25) is 0 Å². The average Bonchev–Trinajstić information content (AvgIpc) is 2.44. The van der Waals surface area contributed by atoms with Crippen molar-refractivity contribution in [2.24, 2.45) is 0 Å². The van der Waals surface area contributed by atoms with Crippen molar-refractivity contribution >= 4 is 16.6 Å². The van der Waals surface area contributed by atoms with E-state index in [0.29, 0.717) is 0 Å². The number of fused-ring (bicyclic) bond motifs is 1. The van der Waals surface area contributed by atoms with Gasteiger partial charge in [-0.3, -0.25) is 4.68 Å². The molecule has 68 valence electrons. The second-order valence-electron chi connectivity index (χ2n) is 3.14. The quantitative estimate of drug-likeness (QED) is 0.673. The summed E-state index contributed by atoms with van der Waals surface area (Å²) in [6.07, 6.45) is 0. The molecule has 0 saturated heterocycles. The van der Waals surface area contributed by atoms with Crippen LogP contribution in [0.2, 0.25) is 0 Å². The third kappa shape index (κ3) is 1.08. The van der Waals surface area contributed by atoms with Crippen LogP contribution >= 0.6 is 0 Å². The summed E-state index contributed by atoms with van der Waals surface area (Å²) in [5, 5.41) is 5.52. The van der Waals surface area contributed by atoms with E-state index >= 15 is 0 Å². The molecule has 2 aromatic rings. The lowest BCUT2D eigenvalue weighted by atomic mass is 10.2. The van der Waals surface area contributed by atoms with E-state index in [1.165, 1.54) is 0 Å². The van der Waals surface area contributed by atoms with Gasteiger partial charge < -0.3 is 5.73 Å². The molecule has 1 aromatic carbocycles. The molecule has 3 nitrogen and oxygen atoms in total. The van der Waals surface area contributed by atoms with Gasteiger partial charge >= 0.3 is 0 Å². The molecule has 0 aliphatic heterocycles. The minimum absolute atomic E-state index is 0.815. The first-order valence-electron chi connectivity index (χ1n) is 4.45. The molecule has 0 aliphatic carbocycles. The summed E-state index contributed by atoms with van der Waals surface area (Å²) < 4.78 is 1.97. The summed E-state index contributed by atoms with van der Waals surface area (Å²) >= 11 is 0. The van der Waals surface area contributed by atoms with Gasteiger partial charge in [0.05, 0.1) is 5.52 Å². The number of nitrogens with two attached hydrogens (primary N) is 1. The molecule has 0 saturated carbocycles. The normalized spacial score (nSPS) is 10.9.